The Bertz CT molecular complexity index is 842. The van der Waals surface area contributed by atoms with E-state index in [0.717, 1.165) is 10.6 Å². The van der Waals surface area contributed by atoms with Crippen molar-refractivity contribution in [3.05, 3.63) is 23.9 Å². The number of aromatic nitrogens is 2. The second-order valence-corrected chi connectivity index (χ2v) is 6.43. The number of pyridine rings is 1. The lowest BCUT2D eigenvalue weighted by atomic mass is 10.2. The van der Waals surface area contributed by atoms with Crippen LogP contribution in [0.25, 0.3) is 5.65 Å². The van der Waals surface area contributed by atoms with E-state index in [1.807, 2.05) is 0 Å². The molecule has 0 fully saturated rings. The number of rotatable bonds is 3. The minimum Gasteiger partial charge on any atom is -0.465 e. The molecule has 0 bridgehead atoms. The zero-order valence-electron chi connectivity index (χ0n) is 11.0. The van der Waals surface area contributed by atoms with E-state index in [2.05, 4.69) is 4.98 Å². The molecule has 0 saturated heterocycles. The van der Waals surface area contributed by atoms with Crippen molar-refractivity contribution in [2.45, 2.75) is 18.1 Å². The van der Waals surface area contributed by atoms with E-state index in [0.29, 0.717) is 12.1 Å². The summed E-state index contributed by atoms with van der Waals surface area (Å²) >= 11 is 0. The Hall–Kier alpha value is -2.30. The Morgan fingerprint density at radius 2 is 2.09 bits per heavy atom. The summed E-state index contributed by atoms with van der Waals surface area (Å²) in [5, 5.41) is 9.99. The maximum atomic E-state index is 12.7. The van der Waals surface area contributed by atoms with Crippen LogP contribution in [0.3, 0.4) is 0 Å². The molecule has 0 unspecified atom stereocenters. The quantitative estimate of drug-likeness (QED) is 0.894. The average Bonchev–Trinajstić information content (AvgIpc) is 2.74. The molecule has 2 rings (SSSR count). The number of hydrogen-bond acceptors (Lipinski definition) is 4. The van der Waals surface area contributed by atoms with E-state index in [-0.39, 0.29) is 11.4 Å². The van der Waals surface area contributed by atoms with E-state index in [9.17, 15) is 26.4 Å². The van der Waals surface area contributed by atoms with E-state index >= 15 is 0 Å². The summed E-state index contributed by atoms with van der Waals surface area (Å²) in [5.41, 5.74) is -1.35. The number of carbonyl (C=O) groups is 1. The first-order chi connectivity index (χ1) is 10.1. The smallest absolute Gasteiger partial charge is 0.416 e. The van der Waals surface area contributed by atoms with Crippen molar-refractivity contribution in [1.29, 1.82) is 0 Å². The third kappa shape index (κ3) is 2.84. The Morgan fingerprint density at radius 3 is 2.59 bits per heavy atom. The lowest BCUT2D eigenvalue weighted by Gasteiger charge is -2.07. The number of fused-ring (bicyclic) bond motifs is 1. The molecule has 0 spiro atoms. The number of sulfone groups is 1. The zero-order valence-corrected chi connectivity index (χ0v) is 11.9. The second-order valence-electron chi connectivity index (χ2n) is 4.24. The molecule has 1 amide bonds. The van der Waals surface area contributed by atoms with Crippen LogP contribution in [-0.4, -0.2) is 34.8 Å². The number of imidazole rings is 1. The van der Waals surface area contributed by atoms with Gasteiger partial charge in [0.25, 0.3) is 0 Å². The molecule has 11 heteroatoms. The highest BCUT2D eigenvalue weighted by molar-refractivity contribution is 7.91. The SMILES string of the molecule is CCS(=O)(=O)c1c(NC(=O)O)nc2cc(C(F)(F)F)ccn12. The van der Waals surface area contributed by atoms with Gasteiger partial charge >= 0.3 is 12.3 Å². The summed E-state index contributed by atoms with van der Waals surface area (Å²) in [4.78, 5) is 14.3. The van der Waals surface area contributed by atoms with Gasteiger partial charge in [-0.1, -0.05) is 6.92 Å². The molecule has 0 atom stereocenters. The predicted octanol–water partition coefficient (Wildman–Crippen LogP) is 2.24. The molecular formula is C11H10F3N3O4S. The van der Waals surface area contributed by atoms with Crippen molar-refractivity contribution in [3.63, 3.8) is 0 Å². The molecule has 0 aliphatic rings. The summed E-state index contributed by atoms with van der Waals surface area (Å²) in [5.74, 6) is -0.899. The van der Waals surface area contributed by atoms with Gasteiger partial charge in [-0.05, 0) is 12.1 Å². The number of alkyl halides is 3. The maximum Gasteiger partial charge on any atom is 0.416 e. The number of hydrogen-bond donors (Lipinski definition) is 2. The zero-order chi connectivity index (χ0) is 16.7. The number of carboxylic acid groups (broad SMARTS) is 1. The first kappa shape index (κ1) is 16.1. The molecule has 0 aromatic carbocycles. The van der Waals surface area contributed by atoms with Crippen LogP contribution < -0.4 is 5.32 Å². The minimum atomic E-state index is -4.63. The molecule has 2 heterocycles. The van der Waals surface area contributed by atoms with Gasteiger partial charge in [0.2, 0.25) is 0 Å². The van der Waals surface area contributed by atoms with Crippen LogP contribution in [0.5, 0.6) is 0 Å². The summed E-state index contributed by atoms with van der Waals surface area (Å²) in [6.07, 6.45) is -5.31. The average molecular weight is 337 g/mol. The number of halogens is 3. The van der Waals surface area contributed by atoms with E-state index in [1.54, 1.807) is 5.32 Å². The predicted molar refractivity (Wildman–Crippen MR) is 69.6 cm³/mol. The maximum absolute atomic E-state index is 12.7. The van der Waals surface area contributed by atoms with Gasteiger partial charge in [0.15, 0.2) is 20.7 Å². The van der Waals surface area contributed by atoms with E-state index < -0.39 is 38.5 Å². The van der Waals surface area contributed by atoms with Gasteiger partial charge in [0.05, 0.1) is 11.3 Å². The summed E-state index contributed by atoms with van der Waals surface area (Å²) in [6, 6.07) is 1.33. The molecule has 2 aromatic rings. The third-order valence-electron chi connectivity index (χ3n) is 2.81. The van der Waals surface area contributed by atoms with Gasteiger partial charge in [-0.3, -0.25) is 9.72 Å². The fourth-order valence-electron chi connectivity index (χ4n) is 1.82. The third-order valence-corrected chi connectivity index (χ3v) is 4.55. The molecule has 22 heavy (non-hydrogen) atoms. The normalized spacial score (nSPS) is 12.5. The van der Waals surface area contributed by atoms with Crippen LogP contribution in [0.1, 0.15) is 12.5 Å². The van der Waals surface area contributed by atoms with Gasteiger partial charge in [0, 0.05) is 6.20 Å². The van der Waals surface area contributed by atoms with Crippen LogP contribution >= 0.6 is 0 Å². The number of nitrogens with zero attached hydrogens (tertiary/aromatic N) is 2. The molecule has 2 aromatic heterocycles. The minimum absolute atomic E-state index is 0.328. The Labute approximate surface area is 122 Å². The van der Waals surface area contributed by atoms with Crippen LogP contribution in [-0.2, 0) is 16.0 Å². The van der Waals surface area contributed by atoms with Crippen molar-refractivity contribution in [2.24, 2.45) is 0 Å². The van der Waals surface area contributed by atoms with Crippen molar-refractivity contribution >= 4 is 27.4 Å². The van der Waals surface area contributed by atoms with Crippen molar-refractivity contribution in [3.8, 4) is 0 Å². The second kappa shape index (κ2) is 5.16. The largest absolute Gasteiger partial charge is 0.465 e. The van der Waals surface area contributed by atoms with Gasteiger partial charge in [-0.15, -0.1) is 0 Å². The van der Waals surface area contributed by atoms with Gasteiger partial charge in [0.1, 0.15) is 5.65 Å². The fourth-order valence-corrected chi connectivity index (χ4v) is 2.93. The van der Waals surface area contributed by atoms with Gasteiger partial charge in [-0.2, -0.15) is 13.2 Å². The number of nitrogens with one attached hydrogen (secondary N) is 1. The summed E-state index contributed by atoms with van der Waals surface area (Å²) in [6.45, 7) is 1.32. The Kier molecular flexibility index (Phi) is 3.77. The highest BCUT2D eigenvalue weighted by Gasteiger charge is 2.32. The topological polar surface area (TPSA) is 101 Å². The molecule has 0 aliphatic carbocycles. The summed E-state index contributed by atoms with van der Waals surface area (Å²) in [7, 11) is -3.91. The first-order valence-electron chi connectivity index (χ1n) is 5.88. The van der Waals surface area contributed by atoms with E-state index in [4.69, 9.17) is 5.11 Å². The fraction of sp³-hybridized carbons (Fsp3) is 0.273. The molecule has 120 valence electrons. The Morgan fingerprint density at radius 1 is 1.45 bits per heavy atom. The first-order valence-corrected chi connectivity index (χ1v) is 7.53. The molecular weight excluding hydrogens is 327 g/mol. The summed E-state index contributed by atoms with van der Waals surface area (Å²) < 4.78 is 63.0. The van der Waals surface area contributed by atoms with Crippen LogP contribution in [0.4, 0.5) is 23.8 Å². The van der Waals surface area contributed by atoms with Gasteiger partial charge < -0.3 is 5.11 Å². The van der Waals surface area contributed by atoms with Crippen molar-refractivity contribution < 1.29 is 31.5 Å². The molecule has 7 nitrogen and oxygen atoms in total. The van der Waals surface area contributed by atoms with Crippen LogP contribution in [0, 0.1) is 0 Å². The van der Waals surface area contributed by atoms with E-state index in [1.165, 1.54) is 6.92 Å². The standard InChI is InChI=1S/C11H10F3N3O4S/c1-2-22(20,21)9-8(16-10(18)19)15-7-5-6(11(12,13)14)3-4-17(7)9/h3-5,16H,2H2,1H3,(H,18,19). The van der Waals surface area contributed by atoms with Crippen molar-refractivity contribution in [2.75, 3.05) is 11.1 Å². The molecule has 0 saturated carbocycles. The van der Waals surface area contributed by atoms with Crippen LogP contribution in [0.2, 0.25) is 0 Å². The Balaban J connectivity index is 2.77. The van der Waals surface area contributed by atoms with Crippen LogP contribution in [0.15, 0.2) is 23.4 Å². The highest BCUT2D eigenvalue weighted by atomic mass is 32.2. The lowest BCUT2D eigenvalue weighted by molar-refractivity contribution is -0.137. The monoisotopic (exact) mass is 337 g/mol. The number of amides is 1. The lowest BCUT2D eigenvalue weighted by Crippen LogP contribution is -2.14. The number of anilines is 1. The highest BCUT2D eigenvalue weighted by Crippen LogP contribution is 2.32. The van der Waals surface area contributed by atoms with Crippen molar-refractivity contribution in [1.82, 2.24) is 9.38 Å². The molecule has 0 aliphatic heterocycles. The van der Waals surface area contributed by atoms with Gasteiger partial charge in [-0.25, -0.2) is 18.2 Å². The molecule has 0 radical (unpaired) electrons. The molecule has 2 N–H and O–H groups in total.